The average molecular weight is 509 g/mol. The summed E-state index contributed by atoms with van der Waals surface area (Å²) in [6.45, 7) is 15.0. The first-order valence-corrected chi connectivity index (χ1v) is 12.7. The van der Waals surface area contributed by atoms with Gasteiger partial charge in [0.05, 0.1) is 0 Å². The molecular weight excluding hydrogens is 465 g/mol. The molecule has 2 aromatic rings. The van der Waals surface area contributed by atoms with Gasteiger partial charge in [0.15, 0.2) is 0 Å². The van der Waals surface area contributed by atoms with Crippen LogP contribution in [0.5, 0.6) is 0 Å². The summed E-state index contributed by atoms with van der Waals surface area (Å²) >= 11 is 11.6. The van der Waals surface area contributed by atoms with Gasteiger partial charge in [-0.25, -0.2) is 0 Å². The number of amides is 1. The number of hydrogen-bond donors (Lipinski definition) is 3. The maximum atomic E-state index is 9.78. The standard InChI is InChI=1S/C15H23ClN2.C7H15NO.C6H5Cl/c1-15(2,3)8-13-14(17)12(9-18-13)10-5-4-6-11(16)7-10;1-7(2,3)4-5-8-6-9;7-6-4-2-1-3-5-6/h4-7,12-14,18H,8-9,17H2,1-3H3;6H,4-5H2,1-3H3,(H,8,9);1-5H. The average Bonchev–Trinajstić information content (AvgIpc) is 3.07. The summed E-state index contributed by atoms with van der Waals surface area (Å²) in [5.74, 6) is 0.371. The molecule has 3 unspecified atom stereocenters. The molecule has 1 saturated heterocycles. The quantitative estimate of drug-likeness (QED) is 0.312. The molecule has 0 aliphatic carbocycles. The minimum atomic E-state index is 0.169. The van der Waals surface area contributed by atoms with Gasteiger partial charge < -0.3 is 16.4 Å². The van der Waals surface area contributed by atoms with Crippen LogP contribution in [-0.4, -0.2) is 31.6 Å². The highest BCUT2D eigenvalue weighted by Gasteiger charge is 2.35. The smallest absolute Gasteiger partial charge is 0.207 e. The van der Waals surface area contributed by atoms with Crippen LogP contribution in [-0.2, 0) is 4.79 Å². The van der Waals surface area contributed by atoms with Crippen molar-refractivity contribution in [3.8, 4) is 0 Å². The van der Waals surface area contributed by atoms with Gasteiger partial charge in [0.25, 0.3) is 0 Å². The van der Waals surface area contributed by atoms with Crippen LogP contribution in [0.15, 0.2) is 54.6 Å². The molecule has 190 valence electrons. The summed E-state index contributed by atoms with van der Waals surface area (Å²) in [5.41, 5.74) is 8.29. The Labute approximate surface area is 217 Å². The fourth-order valence-corrected chi connectivity index (χ4v) is 4.04. The molecule has 1 aliphatic heterocycles. The van der Waals surface area contributed by atoms with E-state index in [9.17, 15) is 4.79 Å². The number of nitrogens with two attached hydrogens (primary N) is 1. The lowest BCUT2D eigenvalue weighted by Gasteiger charge is -2.27. The Morgan fingerprint density at radius 2 is 1.59 bits per heavy atom. The first-order chi connectivity index (χ1) is 15.8. The molecule has 1 amide bonds. The summed E-state index contributed by atoms with van der Waals surface area (Å²) in [4.78, 5) is 9.78. The number of carbonyl (C=O) groups excluding carboxylic acids is 1. The van der Waals surface area contributed by atoms with Crippen LogP contribution < -0.4 is 16.4 Å². The van der Waals surface area contributed by atoms with Gasteiger partial charge in [0.1, 0.15) is 0 Å². The number of halogens is 2. The molecule has 0 bridgehead atoms. The second-order valence-corrected chi connectivity index (χ2v) is 12.1. The molecule has 0 spiro atoms. The summed E-state index contributed by atoms with van der Waals surface area (Å²) in [6, 6.07) is 18.1. The molecule has 0 saturated carbocycles. The van der Waals surface area contributed by atoms with Crippen LogP contribution in [0.25, 0.3) is 0 Å². The van der Waals surface area contributed by atoms with Crippen LogP contribution in [0.3, 0.4) is 0 Å². The highest BCUT2D eigenvalue weighted by molar-refractivity contribution is 6.30. The van der Waals surface area contributed by atoms with Crippen molar-refractivity contribution in [1.29, 1.82) is 0 Å². The predicted octanol–water partition coefficient (Wildman–Crippen LogP) is 6.67. The Bertz CT molecular complexity index is 832. The lowest BCUT2D eigenvalue weighted by atomic mass is 9.83. The summed E-state index contributed by atoms with van der Waals surface area (Å²) in [6.07, 6.45) is 2.88. The lowest BCUT2D eigenvalue weighted by Crippen LogP contribution is -2.40. The van der Waals surface area contributed by atoms with Gasteiger partial charge >= 0.3 is 0 Å². The second-order valence-electron chi connectivity index (χ2n) is 11.2. The molecule has 0 radical (unpaired) electrons. The zero-order valence-corrected chi connectivity index (χ0v) is 23.1. The van der Waals surface area contributed by atoms with Gasteiger partial charge in [-0.3, -0.25) is 4.79 Å². The van der Waals surface area contributed by atoms with Crippen molar-refractivity contribution in [3.63, 3.8) is 0 Å². The molecule has 3 atom stereocenters. The molecule has 1 aliphatic rings. The summed E-state index contributed by atoms with van der Waals surface area (Å²) < 4.78 is 0. The van der Waals surface area contributed by atoms with Gasteiger partial charge in [0.2, 0.25) is 6.41 Å². The van der Waals surface area contributed by atoms with E-state index in [1.54, 1.807) is 0 Å². The molecule has 34 heavy (non-hydrogen) atoms. The van der Waals surface area contributed by atoms with E-state index in [2.05, 4.69) is 58.2 Å². The molecule has 4 N–H and O–H groups in total. The van der Waals surface area contributed by atoms with Crippen LogP contribution in [0.1, 0.15) is 65.9 Å². The summed E-state index contributed by atoms with van der Waals surface area (Å²) in [5, 5.41) is 7.77. The zero-order valence-electron chi connectivity index (χ0n) is 21.6. The Kier molecular flexibility index (Phi) is 13.2. The van der Waals surface area contributed by atoms with Crippen molar-refractivity contribution in [2.24, 2.45) is 16.6 Å². The van der Waals surface area contributed by atoms with E-state index < -0.39 is 0 Å². The molecule has 4 nitrogen and oxygen atoms in total. The highest BCUT2D eigenvalue weighted by Crippen LogP contribution is 2.32. The van der Waals surface area contributed by atoms with Gasteiger partial charge in [-0.05, 0) is 53.5 Å². The third-order valence-electron chi connectivity index (χ3n) is 5.47. The predicted molar refractivity (Wildman–Crippen MR) is 148 cm³/mol. The molecule has 1 heterocycles. The summed E-state index contributed by atoms with van der Waals surface area (Å²) in [7, 11) is 0. The van der Waals surface area contributed by atoms with Crippen molar-refractivity contribution >= 4 is 29.6 Å². The first-order valence-electron chi connectivity index (χ1n) is 11.9. The lowest BCUT2D eigenvalue weighted by molar-refractivity contribution is -0.109. The van der Waals surface area contributed by atoms with Gasteiger partial charge in [0, 0.05) is 41.1 Å². The number of hydrogen-bond acceptors (Lipinski definition) is 3. The van der Waals surface area contributed by atoms with E-state index in [0.717, 1.165) is 42.4 Å². The van der Waals surface area contributed by atoms with Crippen LogP contribution in [0, 0.1) is 10.8 Å². The van der Waals surface area contributed by atoms with Crippen LogP contribution in [0.2, 0.25) is 10.0 Å². The van der Waals surface area contributed by atoms with Crippen molar-refractivity contribution in [1.82, 2.24) is 10.6 Å². The largest absolute Gasteiger partial charge is 0.359 e. The molecule has 2 aromatic carbocycles. The highest BCUT2D eigenvalue weighted by atomic mass is 35.5. The van der Waals surface area contributed by atoms with E-state index in [1.807, 2.05) is 48.5 Å². The third-order valence-corrected chi connectivity index (χ3v) is 5.96. The zero-order chi connectivity index (χ0) is 25.8. The molecule has 1 fully saturated rings. The van der Waals surface area contributed by atoms with E-state index in [0.29, 0.717) is 22.8 Å². The maximum Gasteiger partial charge on any atom is 0.207 e. The van der Waals surface area contributed by atoms with E-state index in [1.165, 1.54) is 5.56 Å². The van der Waals surface area contributed by atoms with E-state index in [4.69, 9.17) is 28.9 Å². The normalized spacial score (nSPS) is 19.9. The van der Waals surface area contributed by atoms with Crippen LogP contribution >= 0.6 is 23.2 Å². The monoisotopic (exact) mass is 507 g/mol. The molecular formula is C28H43Cl2N3O. The van der Waals surface area contributed by atoms with E-state index in [-0.39, 0.29) is 6.04 Å². The molecule has 0 aromatic heterocycles. The minimum Gasteiger partial charge on any atom is -0.359 e. The van der Waals surface area contributed by atoms with Crippen molar-refractivity contribution in [3.05, 3.63) is 70.2 Å². The van der Waals surface area contributed by atoms with Crippen molar-refractivity contribution in [2.75, 3.05) is 13.1 Å². The fourth-order valence-electron chi connectivity index (χ4n) is 3.70. The number of carbonyl (C=O) groups is 1. The van der Waals surface area contributed by atoms with Gasteiger partial charge in [-0.15, -0.1) is 0 Å². The third kappa shape index (κ3) is 13.3. The van der Waals surface area contributed by atoms with Crippen molar-refractivity contribution in [2.45, 2.75) is 72.4 Å². The number of benzene rings is 2. The van der Waals surface area contributed by atoms with E-state index >= 15 is 0 Å². The number of nitrogens with one attached hydrogen (secondary N) is 2. The number of rotatable bonds is 5. The SMILES string of the molecule is CC(C)(C)CC1NCC(c2cccc(Cl)c2)C1N.CC(C)(C)CCNC=O.Clc1ccccc1. The Balaban J connectivity index is 0.000000300. The Morgan fingerprint density at radius 3 is 2.06 bits per heavy atom. The van der Waals surface area contributed by atoms with Gasteiger partial charge in [-0.1, -0.05) is 95.1 Å². The molecule has 6 heteroatoms. The maximum absolute atomic E-state index is 9.78. The van der Waals surface area contributed by atoms with Crippen LogP contribution in [0.4, 0.5) is 0 Å². The Morgan fingerprint density at radius 1 is 0.971 bits per heavy atom. The Hall–Kier alpha value is -1.59. The molecule has 3 rings (SSSR count). The fraction of sp³-hybridized carbons (Fsp3) is 0.536. The topological polar surface area (TPSA) is 67.2 Å². The second kappa shape index (κ2) is 14.7. The van der Waals surface area contributed by atoms with Crippen molar-refractivity contribution < 1.29 is 4.79 Å². The van der Waals surface area contributed by atoms with Gasteiger partial charge in [-0.2, -0.15) is 0 Å². The first kappa shape index (κ1) is 30.4. The minimum absolute atomic E-state index is 0.169.